The second-order valence-electron chi connectivity index (χ2n) is 7.23. The molecule has 1 fully saturated rings. The maximum Gasteiger partial charge on any atom is 0.230 e. The van der Waals surface area contributed by atoms with E-state index in [0.717, 1.165) is 27.4 Å². The van der Waals surface area contributed by atoms with Gasteiger partial charge in [0.05, 0.1) is 12.0 Å². The van der Waals surface area contributed by atoms with Crippen LogP contribution < -0.4 is 10.2 Å². The van der Waals surface area contributed by atoms with Crippen LogP contribution in [0.1, 0.15) is 28.5 Å². The van der Waals surface area contributed by atoms with Crippen molar-refractivity contribution in [1.29, 1.82) is 0 Å². The number of rotatable bonds is 4. The van der Waals surface area contributed by atoms with Crippen LogP contribution in [0.3, 0.4) is 0 Å². The zero-order valence-electron chi connectivity index (χ0n) is 15.9. The van der Waals surface area contributed by atoms with Gasteiger partial charge < -0.3 is 10.2 Å². The van der Waals surface area contributed by atoms with Gasteiger partial charge in [-0.3, -0.25) is 9.59 Å². The first-order chi connectivity index (χ1) is 13.5. The van der Waals surface area contributed by atoms with Crippen LogP contribution in [-0.4, -0.2) is 11.8 Å². The summed E-state index contributed by atoms with van der Waals surface area (Å²) in [5, 5.41) is 4.98. The highest BCUT2D eigenvalue weighted by atomic mass is 32.1. The number of nitrogens with zero attached hydrogens (tertiary/aromatic N) is 1. The van der Waals surface area contributed by atoms with Crippen LogP contribution in [-0.2, 0) is 9.59 Å². The molecule has 3 aromatic rings. The van der Waals surface area contributed by atoms with Gasteiger partial charge in [-0.2, -0.15) is 0 Å². The fraction of sp³-hybridized carbons (Fsp3) is 0.217. The first kappa shape index (κ1) is 18.4. The maximum atomic E-state index is 13.1. The average molecular weight is 391 g/mol. The zero-order valence-corrected chi connectivity index (χ0v) is 16.7. The van der Waals surface area contributed by atoms with Crippen molar-refractivity contribution in [2.45, 2.75) is 26.3 Å². The predicted molar refractivity (Wildman–Crippen MR) is 114 cm³/mol. The van der Waals surface area contributed by atoms with Crippen molar-refractivity contribution in [2.24, 2.45) is 5.92 Å². The van der Waals surface area contributed by atoms with Gasteiger partial charge >= 0.3 is 0 Å². The number of hydrogen-bond acceptors (Lipinski definition) is 3. The number of benzene rings is 2. The number of hydrogen-bond donors (Lipinski definition) is 1. The minimum absolute atomic E-state index is 0.0219. The summed E-state index contributed by atoms with van der Waals surface area (Å²) in [4.78, 5) is 28.8. The lowest BCUT2D eigenvalue weighted by atomic mass is 9.97. The van der Waals surface area contributed by atoms with E-state index in [0.29, 0.717) is 0 Å². The van der Waals surface area contributed by atoms with Crippen molar-refractivity contribution in [1.82, 2.24) is 0 Å². The Labute approximate surface area is 168 Å². The summed E-state index contributed by atoms with van der Waals surface area (Å²) in [5.41, 5.74) is 3.86. The summed E-state index contributed by atoms with van der Waals surface area (Å²) in [5.74, 6) is -0.578. The Kier molecular flexibility index (Phi) is 5.01. The van der Waals surface area contributed by atoms with E-state index in [-0.39, 0.29) is 24.3 Å². The molecule has 4 nitrogen and oxygen atoms in total. The Morgan fingerprint density at radius 3 is 2.25 bits per heavy atom. The van der Waals surface area contributed by atoms with Crippen molar-refractivity contribution < 1.29 is 9.59 Å². The third-order valence-electron chi connectivity index (χ3n) is 5.13. The van der Waals surface area contributed by atoms with Crippen LogP contribution in [0, 0.1) is 19.8 Å². The number of carbonyl (C=O) groups excluding carboxylic acids is 2. The molecular weight excluding hydrogens is 368 g/mol. The topological polar surface area (TPSA) is 49.4 Å². The van der Waals surface area contributed by atoms with Gasteiger partial charge in [-0.15, -0.1) is 11.3 Å². The SMILES string of the molecule is Cc1ccc(NC(=O)[C@@H]2CC(=O)N(c3ccc(C)cc3)[C@H]2c2cccs2)cc1. The van der Waals surface area contributed by atoms with Crippen LogP contribution in [0.15, 0.2) is 66.0 Å². The quantitative estimate of drug-likeness (QED) is 0.674. The minimum Gasteiger partial charge on any atom is -0.326 e. The number of nitrogens with one attached hydrogen (secondary N) is 1. The maximum absolute atomic E-state index is 13.1. The fourth-order valence-corrected chi connectivity index (χ4v) is 4.52. The summed E-state index contributed by atoms with van der Waals surface area (Å²) < 4.78 is 0. The Bertz CT molecular complexity index is 978. The molecule has 0 saturated carbocycles. The van der Waals surface area contributed by atoms with Crippen molar-refractivity contribution >= 4 is 34.5 Å². The smallest absolute Gasteiger partial charge is 0.230 e. The van der Waals surface area contributed by atoms with E-state index in [2.05, 4.69) is 5.32 Å². The van der Waals surface area contributed by atoms with E-state index in [4.69, 9.17) is 0 Å². The molecule has 142 valence electrons. The summed E-state index contributed by atoms with van der Waals surface area (Å²) >= 11 is 1.58. The Morgan fingerprint density at radius 2 is 1.64 bits per heavy atom. The molecule has 0 aliphatic carbocycles. The molecule has 0 unspecified atom stereocenters. The number of aryl methyl sites for hydroxylation is 2. The van der Waals surface area contributed by atoms with E-state index in [1.165, 1.54) is 0 Å². The van der Waals surface area contributed by atoms with Gasteiger partial charge in [0.25, 0.3) is 0 Å². The van der Waals surface area contributed by atoms with Gasteiger partial charge in [0.15, 0.2) is 0 Å². The van der Waals surface area contributed by atoms with Crippen LogP contribution in [0.5, 0.6) is 0 Å². The molecule has 1 aliphatic rings. The van der Waals surface area contributed by atoms with Crippen LogP contribution in [0.2, 0.25) is 0 Å². The molecule has 0 radical (unpaired) electrons. The molecule has 4 rings (SSSR count). The van der Waals surface area contributed by atoms with Gasteiger partial charge in [0.1, 0.15) is 0 Å². The van der Waals surface area contributed by atoms with Gasteiger partial charge in [0, 0.05) is 22.7 Å². The summed E-state index contributed by atoms with van der Waals surface area (Å²) in [6.07, 6.45) is 0.203. The second kappa shape index (κ2) is 7.60. The monoisotopic (exact) mass is 390 g/mol. The highest BCUT2D eigenvalue weighted by molar-refractivity contribution is 7.10. The van der Waals surface area contributed by atoms with E-state index in [9.17, 15) is 9.59 Å². The lowest BCUT2D eigenvalue weighted by Gasteiger charge is -2.27. The Hall–Kier alpha value is -2.92. The highest BCUT2D eigenvalue weighted by Gasteiger charge is 2.45. The summed E-state index contributed by atoms with van der Waals surface area (Å²) in [7, 11) is 0. The lowest BCUT2D eigenvalue weighted by molar-refractivity contribution is -0.122. The molecule has 0 spiro atoms. The van der Waals surface area contributed by atoms with E-state index in [1.54, 1.807) is 16.2 Å². The standard InChI is InChI=1S/C23H22N2O2S/c1-15-5-9-17(10-6-15)24-23(27)19-14-21(26)25(18-11-7-16(2)8-12-18)22(19)20-4-3-13-28-20/h3-13,19,22H,14H2,1-2H3,(H,24,27)/t19-,22-/m1/s1. The lowest BCUT2D eigenvalue weighted by Crippen LogP contribution is -2.31. The largest absolute Gasteiger partial charge is 0.326 e. The Morgan fingerprint density at radius 1 is 1.00 bits per heavy atom. The second-order valence-corrected chi connectivity index (χ2v) is 8.20. The molecule has 2 atom stereocenters. The molecule has 28 heavy (non-hydrogen) atoms. The highest BCUT2D eigenvalue weighted by Crippen LogP contribution is 2.43. The van der Waals surface area contributed by atoms with Crippen LogP contribution in [0.25, 0.3) is 0 Å². The fourth-order valence-electron chi connectivity index (χ4n) is 3.64. The molecule has 2 aromatic carbocycles. The van der Waals surface area contributed by atoms with Gasteiger partial charge in [-0.05, 0) is 49.6 Å². The zero-order chi connectivity index (χ0) is 19.7. The molecule has 1 aliphatic heterocycles. The minimum atomic E-state index is -0.436. The van der Waals surface area contributed by atoms with Gasteiger partial charge in [-0.25, -0.2) is 0 Å². The number of amides is 2. The number of thiophene rings is 1. The average Bonchev–Trinajstić information content (AvgIpc) is 3.32. The third kappa shape index (κ3) is 3.58. The first-order valence-electron chi connectivity index (χ1n) is 9.32. The van der Waals surface area contributed by atoms with Crippen molar-refractivity contribution in [3.8, 4) is 0 Å². The van der Waals surface area contributed by atoms with E-state index >= 15 is 0 Å². The normalized spacial score (nSPS) is 19.1. The molecule has 2 heterocycles. The van der Waals surface area contributed by atoms with Gasteiger partial charge in [-0.1, -0.05) is 41.5 Å². The molecule has 1 saturated heterocycles. The third-order valence-corrected chi connectivity index (χ3v) is 6.07. The van der Waals surface area contributed by atoms with E-state index in [1.807, 2.05) is 79.9 Å². The predicted octanol–water partition coefficient (Wildman–Crippen LogP) is 5.10. The molecule has 2 amide bonds. The molecule has 5 heteroatoms. The van der Waals surface area contributed by atoms with Crippen LogP contribution >= 0.6 is 11.3 Å². The van der Waals surface area contributed by atoms with Crippen molar-refractivity contribution in [3.05, 3.63) is 82.0 Å². The molecule has 1 N–H and O–H groups in total. The van der Waals surface area contributed by atoms with Crippen LogP contribution in [0.4, 0.5) is 11.4 Å². The molecule has 1 aromatic heterocycles. The summed E-state index contributed by atoms with van der Waals surface area (Å²) in [6.45, 7) is 4.03. The number of carbonyl (C=O) groups is 2. The first-order valence-corrected chi connectivity index (χ1v) is 10.2. The Balaban J connectivity index is 1.66. The summed E-state index contributed by atoms with van der Waals surface area (Å²) in [6, 6.07) is 19.3. The van der Waals surface area contributed by atoms with Crippen molar-refractivity contribution in [2.75, 3.05) is 10.2 Å². The molecular formula is C23H22N2O2S. The number of anilines is 2. The van der Waals surface area contributed by atoms with Crippen molar-refractivity contribution in [3.63, 3.8) is 0 Å². The van der Waals surface area contributed by atoms with Gasteiger partial charge in [0.2, 0.25) is 11.8 Å². The van der Waals surface area contributed by atoms with E-state index < -0.39 is 5.92 Å². The molecule has 0 bridgehead atoms.